The van der Waals surface area contributed by atoms with E-state index in [-0.39, 0.29) is 0 Å². The highest BCUT2D eigenvalue weighted by Gasteiger charge is 2.23. The predicted molar refractivity (Wildman–Crippen MR) is 128 cm³/mol. The van der Waals surface area contributed by atoms with E-state index in [0.29, 0.717) is 0 Å². The number of nitrogens with two attached hydrogens (primary N) is 2. The zero-order valence-corrected chi connectivity index (χ0v) is 19.6. The summed E-state index contributed by atoms with van der Waals surface area (Å²) in [7, 11) is -4.92. The van der Waals surface area contributed by atoms with Crippen molar-refractivity contribution in [2.75, 3.05) is 23.7 Å². The number of anilines is 2. The lowest BCUT2D eigenvalue weighted by Gasteiger charge is -2.24. The van der Waals surface area contributed by atoms with Crippen LogP contribution in [0.3, 0.4) is 0 Å². The average molecular weight is 474 g/mol. The zero-order chi connectivity index (χ0) is 23.3. The van der Waals surface area contributed by atoms with Gasteiger partial charge in [0.05, 0.1) is 9.79 Å². The lowest BCUT2D eigenvalue weighted by Crippen LogP contribution is -2.72. The number of hydrogen-bond donors (Lipinski definition) is 3. The molecular formula is C23H27N3O4S2. The number of nitrogens with zero attached hydrogens (tertiary/aromatic N) is 1. The molecule has 0 radical (unpaired) electrons. The van der Waals surface area contributed by atoms with Gasteiger partial charge in [-0.3, -0.25) is 9.87 Å². The largest absolute Gasteiger partial charge is 0.726 e. The molecule has 0 aromatic heterocycles. The van der Waals surface area contributed by atoms with Crippen LogP contribution < -0.4 is 16.0 Å². The van der Waals surface area contributed by atoms with Crippen LogP contribution >= 0.6 is 11.8 Å². The third-order valence-corrected chi connectivity index (χ3v) is 6.31. The highest BCUT2D eigenvalue weighted by molar-refractivity contribution is 7.99. The monoisotopic (exact) mass is 473 g/mol. The molecule has 0 spiro atoms. The zero-order valence-electron chi connectivity index (χ0n) is 18.0. The van der Waals surface area contributed by atoms with Crippen molar-refractivity contribution in [1.82, 2.24) is 0 Å². The van der Waals surface area contributed by atoms with E-state index >= 15 is 0 Å². The third-order valence-electron chi connectivity index (χ3n) is 5.17. The summed E-state index contributed by atoms with van der Waals surface area (Å²) in [6, 6.07) is 21.7. The van der Waals surface area contributed by atoms with Crippen molar-refractivity contribution in [2.24, 2.45) is 0 Å². The molecule has 1 aliphatic heterocycles. The Morgan fingerprint density at radius 2 is 1.62 bits per heavy atom. The second kappa shape index (κ2) is 10.4. The standard InChI is InChI=1S/C23H25N3S.H2O4S/c1-3-26(4-2)18-10-11-20-22(14-18)27-23-15-19(24)17(13-21(23)25-20)12-16-8-6-5-7-9-16;1-5(2,3)4/h5-11,13-15,25H,3-4,12,24H2,1-2H3;(H2,1,2,3,4). The molecule has 32 heavy (non-hydrogen) atoms. The summed E-state index contributed by atoms with van der Waals surface area (Å²) < 4.78 is 32.8. The van der Waals surface area contributed by atoms with E-state index in [1.807, 2.05) is 17.8 Å². The van der Waals surface area contributed by atoms with Crippen molar-refractivity contribution in [1.29, 1.82) is 0 Å². The molecule has 7 nitrogen and oxygen atoms in total. The van der Waals surface area contributed by atoms with Gasteiger partial charge in [-0.1, -0.05) is 42.1 Å². The van der Waals surface area contributed by atoms with Gasteiger partial charge in [0.25, 0.3) is 0 Å². The van der Waals surface area contributed by atoms with Gasteiger partial charge >= 0.3 is 0 Å². The van der Waals surface area contributed by atoms with Crippen molar-refractivity contribution >= 4 is 44.9 Å². The number of hydrogen-bond acceptors (Lipinski definition) is 6. The first-order chi connectivity index (χ1) is 15.2. The first-order valence-corrected chi connectivity index (χ1v) is 12.4. The van der Waals surface area contributed by atoms with Crippen molar-refractivity contribution in [3.8, 4) is 0 Å². The number of fused-ring (bicyclic) bond motifs is 2. The molecular weight excluding hydrogens is 446 g/mol. The Kier molecular flexibility index (Phi) is 7.81. The molecule has 1 heterocycles. The molecule has 0 saturated heterocycles. The van der Waals surface area contributed by atoms with Crippen molar-refractivity contribution < 1.29 is 22.8 Å². The molecule has 0 amide bonds. The third kappa shape index (κ3) is 6.47. The highest BCUT2D eigenvalue weighted by Crippen LogP contribution is 2.42. The molecule has 3 aromatic carbocycles. The maximum atomic E-state index is 8.63. The summed E-state index contributed by atoms with van der Waals surface area (Å²) in [5.41, 5.74) is 13.6. The van der Waals surface area contributed by atoms with Gasteiger partial charge < -0.3 is 15.2 Å². The minimum Gasteiger partial charge on any atom is -0.726 e. The van der Waals surface area contributed by atoms with E-state index in [0.717, 1.165) is 25.2 Å². The molecule has 0 saturated carbocycles. The van der Waals surface area contributed by atoms with Crippen molar-refractivity contribution in [2.45, 2.75) is 30.1 Å². The molecule has 0 bridgehead atoms. The van der Waals surface area contributed by atoms with E-state index < -0.39 is 10.4 Å². The molecule has 0 unspecified atom stereocenters. The fourth-order valence-corrected chi connectivity index (χ4v) is 4.71. The van der Waals surface area contributed by atoms with Crippen LogP contribution in [0.15, 0.2) is 70.5 Å². The van der Waals surface area contributed by atoms with E-state index in [1.54, 1.807) is 0 Å². The Bertz CT molecular complexity index is 1170. The maximum Gasteiger partial charge on any atom is 0.215 e. The van der Waals surface area contributed by atoms with Crippen LogP contribution in [0, 0.1) is 0 Å². The Balaban J connectivity index is 0.000000523. The summed E-state index contributed by atoms with van der Waals surface area (Å²) in [4.78, 5) is 4.93. The Hall–Kier alpha value is -2.56. The Morgan fingerprint density at radius 1 is 1.00 bits per heavy atom. The normalized spacial score (nSPS) is 12.2. The summed E-state index contributed by atoms with van der Waals surface area (Å²) in [5.74, 6) is 0. The van der Waals surface area contributed by atoms with Gasteiger partial charge in [0.1, 0.15) is 11.4 Å². The smallest absolute Gasteiger partial charge is 0.215 e. The van der Waals surface area contributed by atoms with Crippen LogP contribution in [0.25, 0.3) is 0 Å². The lowest BCUT2D eigenvalue weighted by atomic mass is 10.0. The second-order valence-corrected chi connectivity index (χ2v) is 9.26. The van der Waals surface area contributed by atoms with Crippen LogP contribution in [0.2, 0.25) is 0 Å². The molecule has 3 aromatic rings. The Labute approximate surface area is 193 Å². The van der Waals surface area contributed by atoms with Crippen LogP contribution in [0.4, 0.5) is 22.7 Å². The average Bonchev–Trinajstić information content (AvgIpc) is 2.73. The summed E-state index contributed by atoms with van der Waals surface area (Å²) >= 11 is 1.83. The molecule has 5 N–H and O–H groups in total. The molecule has 0 atom stereocenters. The number of rotatable bonds is 5. The topological polar surface area (TPSA) is 123 Å². The summed E-state index contributed by atoms with van der Waals surface area (Å²) in [6.45, 7) is 6.45. The maximum absolute atomic E-state index is 8.63. The quantitative estimate of drug-likeness (QED) is 0.229. The van der Waals surface area contributed by atoms with E-state index in [9.17, 15) is 0 Å². The van der Waals surface area contributed by atoms with Gasteiger partial charge in [-0.25, -0.2) is 8.42 Å². The molecule has 4 rings (SSSR count). The Morgan fingerprint density at radius 3 is 2.25 bits per heavy atom. The molecule has 9 heteroatoms. The minimum absolute atomic E-state index is 0.867. The van der Waals surface area contributed by atoms with E-state index in [2.05, 4.69) is 78.7 Å². The molecule has 170 valence electrons. The van der Waals surface area contributed by atoms with Crippen LogP contribution in [0.5, 0.6) is 0 Å². The van der Waals surface area contributed by atoms with Crippen LogP contribution in [-0.2, 0) is 16.8 Å². The summed E-state index contributed by atoms with van der Waals surface area (Å²) in [6.07, 6.45) is 0.867. The van der Waals surface area contributed by atoms with Gasteiger partial charge in [0, 0.05) is 36.6 Å². The molecule has 0 aliphatic carbocycles. The van der Waals surface area contributed by atoms with E-state index in [4.69, 9.17) is 23.3 Å². The number of quaternary nitrogens is 1. The van der Waals surface area contributed by atoms with Gasteiger partial charge in [0.15, 0.2) is 0 Å². The minimum atomic E-state index is -4.92. The fourth-order valence-electron chi connectivity index (χ4n) is 3.63. The lowest BCUT2D eigenvalue weighted by molar-refractivity contribution is -0.485. The van der Waals surface area contributed by atoms with Gasteiger partial charge in [-0.05, 0) is 49.6 Å². The predicted octanol–water partition coefficient (Wildman–Crippen LogP) is 3.70. The second-order valence-electron chi connectivity index (χ2n) is 7.32. The molecule has 1 aliphatic rings. The van der Waals surface area contributed by atoms with Gasteiger partial charge in [0.2, 0.25) is 10.4 Å². The van der Waals surface area contributed by atoms with E-state index in [1.165, 1.54) is 38.0 Å². The van der Waals surface area contributed by atoms with Gasteiger partial charge in [-0.2, -0.15) is 0 Å². The first-order valence-electron chi connectivity index (χ1n) is 10.2. The van der Waals surface area contributed by atoms with Crippen molar-refractivity contribution in [3.05, 3.63) is 71.8 Å². The first kappa shape index (κ1) is 24.1. The van der Waals surface area contributed by atoms with Crippen LogP contribution in [0.1, 0.15) is 25.0 Å². The van der Waals surface area contributed by atoms with Crippen molar-refractivity contribution in [3.63, 3.8) is 0 Å². The fraction of sp³-hybridized carbons (Fsp3) is 0.217. The number of benzene rings is 3. The number of nitrogen functional groups attached to an aromatic ring is 1. The highest BCUT2D eigenvalue weighted by atomic mass is 32.3. The SMILES string of the molecule is CCN(CC)c1ccc2c(c1)Sc1cc(N)c(Cc3ccccc3)cc1[NH2+]2.O=S(=O)([O-])O. The van der Waals surface area contributed by atoms with Gasteiger partial charge in [-0.15, -0.1) is 0 Å². The summed E-state index contributed by atoms with van der Waals surface area (Å²) in [5, 5.41) is 2.29. The molecule has 0 fully saturated rings. The van der Waals surface area contributed by atoms with Crippen LogP contribution in [-0.4, -0.2) is 30.6 Å².